The van der Waals surface area contributed by atoms with Gasteiger partial charge < -0.3 is 10.0 Å². The van der Waals surface area contributed by atoms with Crippen molar-refractivity contribution in [2.24, 2.45) is 5.92 Å². The van der Waals surface area contributed by atoms with Crippen LogP contribution in [-0.4, -0.2) is 29.3 Å². The minimum Gasteiger partial charge on any atom is -0.480 e. The number of carbonyl (C=O) groups is 2. The third kappa shape index (κ3) is 3.92. The molecule has 4 nitrogen and oxygen atoms in total. The van der Waals surface area contributed by atoms with Crippen LogP contribution in [0.4, 0.5) is 5.69 Å². The van der Waals surface area contributed by atoms with Gasteiger partial charge in [-0.25, -0.2) is 0 Å². The van der Waals surface area contributed by atoms with E-state index < -0.39 is 12.5 Å². The number of aliphatic carboxylic acids is 1. The van der Waals surface area contributed by atoms with E-state index in [9.17, 15) is 9.59 Å². The first kappa shape index (κ1) is 14.9. The average molecular weight is 288 g/mol. The van der Waals surface area contributed by atoms with Gasteiger partial charge in [0.05, 0.1) is 0 Å². The highest BCUT2D eigenvalue weighted by atomic mass is 35.5. The number of halogens is 1. The van der Waals surface area contributed by atoms with Crippen LogP contribution in [0.15, 0.2) is 24.3 Å². The van der Waals surface area contributed by atoms with Gasteiger partial charge in [-0.05, 0) is 18.2 Å². The predicted octanol–water partition coefficient (Wildman–Crippen LogP) is 2.32. The Labute approximate surface area is 116 Å². The van der Waals surface area contributed by atoms with E-state index in [1.807, 2.05) is 0 Å². The van der Waals surface area contributed by atoms with Crippen LogP contribution < -0.4 is 4.90 Å². The summed E-state index contributed by atoms with van der Waals surface area (Å²) >= 11 is 9.89. The van der Waals surface area contributed by atoms with Crippen molar-refractivity contribution in [2.75, 3.05) is 17.2 Å². The Kier molecular flexibility index (Phi) is 5.50. The monoisotopic (exact) mass is 287 g/mol. The second kappa shape index (κ2) is 6.66. The number of nitrogens with zero attached hydrogens (tertiary/aromatic N) is 1. The number of carboxylic acid groups (broad SMARTS) is 1. The fourth-order valence-electron chi connectivity index (χ4n) is 1.42. The molecule has 6 heteroatoms. The Morgan fingerprint density at radius 3 is 2.67 bits per heavy atom. The first-order chi connectivity index (χ1) is 8.45. The van der Waals surface area contributed by atoms with Crippen molar-refractivity contribution in [3.63, 3.8) is 0 Å². The Morgan fingerprint density at radius 2 is 2.17 bits per heavy atom. The van der Waals surface area contributed by atoms with Gasteiger partial charge >= 0.3 is 5.97 Å². The molecule has 0 spiro atoms. The summed E-state index contributed by atoms with van der Waals surface area (Å²) in [5.74, 6) is -1.36. The standard InChI is InChI=1S/C12H14ClNO3S/c1-8(7-18)12(17)14(6-11(15)16)10-4-2-3-9(13)5-10/h2-5,8,18H,6-7H2,1H3,(H,15,16). The molecule has 0 heterocycles. The minimum absolute atomic E-state index is 0.283. The fourth-order valence-corrected chi connectivity index (χ4v) is 1.76. The van der Waals surface area contributed by atoms with Crippen molar-refractivity contribution in [3.8, 4) is 0 Å². The normalized spacial score (nSPS) is 11.9. The molecule has 0 aliphatic rings. The molecule has 1 aromatic carbocycles. The van der Waals surface area contributed by atoms with Crippen LogP contribution in [0.1, 0.15) is 6.92 Å². The molecule has 1 amide bonds. The molecule has 0 aromatic heterocycles. The fraction of sp³-hybridized carbons (Fsp3) is 0.333. The summed E-state index contributed by atoms with van der Waals surface area (Å²) in [7, 11) is 0. The van der Waals surface area contributed by atoms with E-state index in [-0.39, 0.29) is 11.8 Å². The number of hydrogen-bond acceptors (Lipinski definition) is 3. The van der Waals surface area contributed by atoms with E-state index in [1.165, 1.54) is 4.90 Å². The zero-order chi connectivity index (χ0) is 13.7. The predicted molar refractivity (Wildman–Crippen MR) is 74.5 cm³/mol. The van der Waals surface area contributed by atoms with Crippen LogP contribution in [0.2, 0.25) is 5.02 Å². The maximum absolute atomic E-state index is 12.1. The van der Waals surface area contributed by atoms with Gasteiger partial charge in [0.25, 0.3) is 0 Å². The molecular formula is C12H14ClNO3S. The Morgan fingerprint density at radius 1 is 1.50 bits per heavy atom. The Hall–Kier alpha value is -1.20. The second-order valence-corrected chi connectivity index (χ2v) is 4.68. The third-order valence-corrected chi connectivity index (χ3v) is 3.16. The number of carbonyl (C=O) groups excluding carboxylic acids is 1. The number of thiol groups is 1. The number of benzene rings is 1. The smallest absolute Gasteiger partial charge is 0.323 e. The van der Waals surface area contributed by atoms with E-state index >= 15 is 0 Å². The maximum Gasteiger partial charge on any atom is 0.323 e. The van der Waals surface area contributed by atoms with Crippen molar-refractivity contribution in [1.29, 1.82) is 0 Å². The molecule has 1 aromatic rings. The van der Waals surface area contributed by atoms with Crippen LogP contribution in [0.25, 0.3) is 0 Å². The topological polar surface area (TPSA) is 57.6 Å². The first-order valence-corrected chi connectivity index (χ1v) is 6.36. The molecule has 0 saturated carbocycles. The lowest BCUT2D eigenvalue weighted by Gasteiger charge is -2.23. The van der Waals surface area contributed by atoms with Gasteiger partial charge in [-0.3, -0.25) is 9.59 Å². The van der Waals surface area contributed by atoms with E-state index in [4.69, 9.17) is 16.7 Å². The lowest BCUT2D eigenvalue weighted by atomic mass is 10.1. The summed E-state index contributed by atoms with van der Waals surface area (Å²) in [4.78, 5) is 24.1. The van der Waals surface area contributed by atoms with Gasteiger partial charge in [-0.15, -0.1) is 0 Å². The second-order valence-electron chi connectivity index (χ2n) is 3.88. The van der Waals surface area contributed by atoms with Crippen molar-refractivity contribution in [3.05, 3.63) is 29.3 Å². The maximum atomic E-state index is 12.1. The summed E-state index contributed by atoms with van der Waals surface area (Å²) in [6.45, 7) is 1.31. The highest BCUT2D eigenvalue weighted by Gasteiger charge is 2.23. The summed E-state index contributed by atoms with van der Waals surface area (Å²) in [6, 6.07) is 6.55. The Bertz CT molecular complexity index is 453. The first-order valence-electron chi connectivity index (χ1n) is 5.35. The van der Waals surface area contributed by atoms with Crippen LogP contribution in [0, 0.1) is 5.92 Å². The summed E-state index contributed by atoms with van der Waals surface area (Å²) in [5.41, 5.74) is 0.475. The lowest BCUT2D eigenvalue weighted by Crippen LogP contribution is -2.39. The van der Waals surface area contributed by atoms with Crippen LogP contribution in [0.5, 0.6) is 0 Å². The van der Waals surface area contributed by atoms with Gasteiger partial charge in [-0.1, -0.05) is 24.6 Å². The molecular weight excluding hydrogens is 274 g/mol. The van der Waals surface area contributed by atoms with Gasteiger partial charge in [0.1, 0.15) is 6.54 Å². The average Bonchev–Trinajstić information content (AvgIpc) is 2.34. The van der Waals surface area contributed by atoms with Gasteiger partial charge in [0.15, 0.2) is 0 Å². The molecule has 0 bridgehead atoms. The highest BCUT2D eigenvalue weighted by Crippen LogP contribution is 2.21. The number of anilines is 1. The highest BCUT2D eigenvalue weighted by molar-refractivity contribution is 7.80. The van der Waals surface area contributed by atoms with E-state index in [1.54, 1.807) is 31.2 Å². The zero-order valence-electron chi connectivity index (χ0n) is 9.84. The van der Waals surface area contributed by atoms with Crippen LogP contribution >= 0.6 is 24.2 Å². The van der Waals surface area contributed by atoms with Gasteiger partial charge in [-0.2, -0.15) is 12.6 Å². The number of amides is 1. The minimum atomic E-state index is -1.07. The molecule has 0 saturated heterocycles. The molecule has 0 radical (unpaired) electrons. The van der Waals surface area contributed by atoms with Crippen LogP contribution in [0.3, 0.4) is 0 Å². The molecule has 1 unspecified atom stereocenters. The molecule has 98 valence electrons. The van der Waals surface area contributed by atoms with E-state index in [2.05, 4.69) is 12.6 Å². The molecule has 0 aliphatic carbocycles. The summed E-state index contributed by atoms with van der Waals surface area (Å²) in [5, 5.41) is 9.32. The van der Waals surface area contributed by atoms with Crippen molar-refractivity contribution < 1.29 is 14.7 Å². The number of rotatable bonds is 5. The van der Waals surface area contributed by atoms with Crippen LogP contribution in [-0.2, 0) is 9.59 Å². The van der Waals surface area contributed by atoms with Crippen molar-refractivity contribution in [2.45, 2.75) is 6.92 Å². The van der Waals surface area contributed by atoms with Gasteiger partial charge in [0.2, 0.25) is 5.91 Å². The number of carboxylic acids is 1. The van der Waals surface area contributed by atoms with Crippen molar-refractivity contribution in [1.82, 2.24) is 0 Å². The zero-order valence-corrected chi connectivity index (χ0v) is 11.5. The molecule has 1 rings (SSSR count). The lowest BCUT2D eigenvalue weighted by molar-refractivity contribution is -0.137. The molecule has 0 aliphatic heterocycles. The third-order valence-electron chi connectivity index (χ3n) is 2.37. The molecule has 1 N–H and O–H groups in total. The summed E-state index contributed by atoms with van der Waals surface area (Å²) < 4.78 is 0. The van der Waals surface area contributed by atoms with E-state index in [0.717, 1.165) is 0 Å². The quantitative estimate of drug-likeness (QED) is 0.817. The van der Waals surface area contributed by atoms with Gasteiger partial charge in [0, 0.05) is 22.4 Å². The van der Waals surface area contributed by atoms with E-state index in [0.29, 0.717) is 16.5 Å². The molecule has 0 fully saturated rings. The Balaban J connectivity index is 3.05. The SMILES string of the molecule is CC(CS)C(=O)N(CC(=O)O)c1cccc(Cl)c1. The largest absolute Gasteiger partial charge is 0.480 e. The molecule has 1 atom stereocenters. The van der Waals surface area contributed by atoms with Crippen molar-refractivity contribution >= 4 is 41.8 Å². The number of hydrogen-bond donors (Lipinski definition) is 2. The molecule has 18 heavy (non-hydrogen) atoms. The summed E-state index contributed by atoms with van der Waals surface area (Å²) in [6.07, 6.45) is 0.